The smallest absolute Gasteiger partial charge is 0.407 e. The molecule has 28 heavy (non-hydrogen) atoms. The van der Waals surface area contributed by atoms with E-state index in [1.807, 2.05) is 36.5 Å². The van der Waals surface area contributed by atoms with Gasteiger partial charge >= 0.3 is 11.8 Å². The van der Waals surface area contributed by atoms with Crippen LogP contribution in [0.5, 0.6) is 0 Å². The summed E-state index contributed by atoms with van der Waals surface area (Å²) in [6.07, 6.45) is 4.11. The maximum absolute atomic E-state index is 12.6. The second kappa shape index (κ2) is 6.22. The van der Waals surface area contributed by atoms with Crippen molar-refractivity contribution in [3.63, 3.8) is 0 Å². The van der Waals surface area contributed by atoms with E-state index < -0.39 is 6.09 Å². The molecule has 4 aromatic heterocycles. The van der Waals surface area contributed by atoms with Crippen molar-refractivity contribution in [2.24, 2.45) is 0 Å². The van der Waals surface area contributed by atoms with Gasteiger partial charge in [0.15, 0.2) is 5.65 Å². The summed E-state index contributed by atoms with van der Waals surface area (Å²) in [6, 6.07) is 9.26. The standard InChI is InChI=1S/C19H18N6O3/c26-18-22-15-7-6-14(13-10-20-24-9-2-1-5-16(13)24)21-17(15)25(18)12-4-3-8-23(11-12)19(27)28/h1-2,5-7,9-10,12H,3-4,8,11H2,(H,22,26)(H,27,28)/t12-/m1/s1. The lowest BCUT2D eigenvalue weighted by atomic mass is 10.1. The topological polar surface area (TPSA) is 109 Å². The van der Waals surface area contributed by atoms with Crippen molar-refractivity contribution in [3.8, 4) is 11.3 Å². The van der Waals surface area contributed by atoms with Crippen LogP contribution in [0.1, 0.15) is 18.9 Å². The van der Waals surface area contributed by atoms with Gasteiger partial charge in [-0.1, -0.05) is 6.07 Å². The largest absolute Gasteiger partial charge is 0.465 e. The summed E-state index contributed by atoms with van der Waals surface area (Å²) >= 11 is 0. The average Bonchev–Trinajstić information content (AvgIpc) is 3.27. The SMILES string of the molecule is O=C(O)N1CCC[C@@H](n2c(=O)[nH]c3ccc(-c4cnn5ccccc45)nc32)C1. The van der Waals surface area contributed by atoms with Gasteiger partial charge in [0.1, 0.15) is 0 Å². The third-order valence-electron chi connectivity index (χ3n) is 5.30. The number of amides is 1. The number of H-pyrrole nitrogens is 1. The number of fused-ring (bicyclic) bond motifs is 2. The first kappa shape index (κ1) is 16.5. The second-order valence-electron chi connectivity index (χ2n) is 6.98. The lowest BCUT2D eigenvalue weighted by Gasteiger charge is -2.31. The minimum atomic E-state index is -0.961. The maximum Gasteiger partial charge on any atom is 0.407 e. The molecule has 1 atom stereocenters. The number of aromatic nitrogens is 5. The van der Waals surface area contributed by atoms with Crippen LogP contribution >= 0.6 is 0 Å². The molecule has 0 spiro atoms. The Morgan fingerprint density at radius 3 is 3.00 bits per heavy atom. The van der Waals surface area contributed by atoms with Crippen molar-refractivity contribution >= 4 is 22.8 Å². The van der Waals surface area contributed by atoms with Crippen LogP contribution in [0.3, 0.4) is 0 Å². The molecular weight excluding hydrogens is 360 g/mol. The fourth-order valence-corrected chi connectivity index (χ4v) is 3.96. The van der Waals surface area contributed by atoms with Gasteiger partial charge in [0.25, 0.3) is 0 Å². The number of rotatable bonds is 2. The van der Waals surface area contributed by atoms with Crippen molar-refractivity contribution < 1.29 is 9.90 Å². The molecule has 0 aromatic carbocycles. The molecule has 0 radical (unpaired) electrons. The first-order valence-corrected chi connectivity index (χ1v) is 9.14. The molecule has 9 nitrogen and oxygen atoms in total. The number of nitrogens with one attached hydrogen (secondary N) is 1. The van der Waals surface area contributed by atoms with Gasteiger partial charge in [-0.2, -0.15) is 5.10 Å². The Morgan fingerprint density at radius 1 is 1.25 bits per heavy atom. The van der Waals surface area contributed by atoms with E-state index in [1.165, 1.54) is 4.90 Å². The number of piperidine rings is 1. The van der Waals surface area contributed by atoms with Crippen LogP contribution < -0.4 is 5.69 Å². The van der Waals surface area contributed by atoms with Crippen molar-refractivity contribution in [2.75, 3.05) is 13.1 Å². The zero-order chi connectivity index (χ0) is 19.3. The fourth-order valence-electron chi connectivity index (χ4n) is 3.96. The molecule has 1 fully saturated rings. The van der Waals surface area contributed by atoms with E-state index in [4.69, 9.17) is 4.98 Å². The Bertz CT molecular complexity index is 1250. The van der Waals surface area contributed by atoms with Gasteiger partial charge in [0.2, 0.25) is 0 Å². The Kier molecular flexibility index (Phi) is 3.68. The van der Waals surface area contributed by atoms with Gasteiger partial charge in [-0.15, -0.1) is 0 Å². The van der Waals surface area contributed by atoms with E-state index in [0.717, 1.165) is 17.5 Å². The minimum absolute atomic E-state index is 0.238. The van der Waals surface area contributed by atoms with Gasteiger partial charge < -0.3 is 15.0 Å². The lowest BCUT2D eigenvalue weighted by Crippen LogP contribution is -2.41. The number of nitrogens with zero attached hydrogens (tertiary/aromatic N) is 5. The summed E-state index contributed by atoms with van der Waals surface area (Å²) < 4.78 is 3.37. The van der Waals surface area contributed by atoms with Gasteiger partial charge in [-0.05, 0) is 37.1 Å². The highest BCUT2D eigenvalue weighted by Crippen LogP contribution is 2.27. The Labute approximate surface area is 158 Å². The van der Waals surface area contributed by atoms with E-state index in [9.17, 15) is 14.7 Å². The molecule has 5 rings (SSSR count). The van der Waals surface area contributed by atoms with Gasteiger partial charge in [0, 0.05) is 24.8 Å². The van der Waals surface area contributed by atoms with E-state index in [0.29, 0.717) is 29.8 Å². The lowest BCUT2D eigenvalue weighted by molar-refractivity contribution is 0.121. The van der Waals surface area contributed by atoms with E-state index in [1.54, 1.807) is 15.3 Å². The van der Waals surface area contributed by atoms with Gasteiger partial charge in [-0.25, -0.2) is 19.1 Å². The number of likely N-dealkylation sites (tertiary alicyclic amines) is 1. The van der Waals surface area contributed by atoms with Crippen molar-refractivity contribution in [2.45, 2.75) is 18.9 Å². The van der Waals surface area contributed by atoms with E-state index in [-0.39, 0.29) is 18.3 Å². The molecule has 1 amide bonds. The molecule has 0 bridgehead atoms. The molecule has 0 unspecified atom stereocenters. The number of hydrogen-bond donors (Lipinski definition) is 2. The number of imidazole rings is 1. The highest BCUT2D eigenvalue weighted by molar-refractivity contribution is 5.82. The summed E-state index contributed by atoms with van der Waals surface area (Å²) in [5, 5.41) is 13.7. The maximum atomic E-state index is 12.6. The summed E-state index contributed by atoms with van der Waals surface area (Å²) in [5.74, 6) is 0. The van der Waals surface area contributed by atoms with Crippen LogP contribution in [0.25, 0.3) is 27.9 Å². The average molecular weight is 378 g/mol. The quantitative estimate of drug-likeness (QED) is 0.557. The predicted octanol–water partition coefficient (Wildman–Crippen LogP) is 2.35. The van der Waals surface area contributed by atoms with Crippen molar-refractivity contribution in [1.82, 2.24) is 29.0 Å². The molecule has 4 aromatic rings. The summed E-state index contributed by atoms with van der Waals surface area (Å²) in [5.41, 5.74) is 3.42. The summed E-state index contributed by atoms with van der Waals surface area (Å²) in [4.78, 5) is 32.9. The molecule has 1 aliphatic rings. The van der Waals surface area contributed by atoms with E-state index in [2.05, 4.69) is 10.1 Å². The number of hydrogen-bond acceptors (Lipinski definition) is 4. The molecule has 1 saturated heterocycles. The Morgan fingerprint density at radius 2 is 2.14 bits per heavy atom. The Balaban J connectivity index is 1.63. The van der Waals surface area contributed by atoms with Crippen LogP contribution in [-0.4, -0.2) is 53.3 Å². The zero-order valence-corrected chi connectivity index (χ0v) is 14.9. The minimum Gasteiger partial charge on any atom is -0.465 e. The van der Waals surface area contributed by atoms with Crippen LogP contribution in [-0.2, 0) is 0 Å². The highest BCUT2D eigenvalue weighted by Gasteiger charge is 2.27. The molecular formula is C19H18N6O3. The molecule has 9 heteroatoms. The third kappa shape index (κ3) is 2.55. The fraction of sp³-hybridized carbons (Fsp3) is 0.263. The number of carbonyl (C=O) groups is 1. The summed E-state index contributed by atoms with van der Waals surface area (Å²) in [6.45, 7) is 0.773. The highest BCUT2D eigenvalue weighted by atomic mass is 16.4. The van der Waals surface area contributed by atoms with Crippen LogP contribution in [0.2, 0.25) is 0 Å². The van der Waals surface area contributed by atoms with Gasteiger partial charge in [-0.3, -0.25) is 4.57 Å². The van der Waals surface area contributed by atoms with Crippen LogP contribution in [0.4, 0.5) is 4.79 Å². The molecule has 1 aliphatic heterocycles. The number of pyridine rings is 2. The monoisotopic (exact) mass is 378 g/mol. The van der Waals surface area contributed by atoms with Crippen LogP contribution in [0.15, 0.2) is 47.5 Å². The second-order valence-corrected chi connectivity index (χ2v) is 6.98. The molecule has 2 N–H and O–H groups in total. The normalized spacial score (nSPS) is 17.4. The zero-order valence-electron chi connectivity index (χ0n) is 14.9. The molecule has 142 valence electrons. The molecule has 0 saturated carbocycles. The summed E-state index contributed by atoms with van der Waals surface area (Å²) in [7, 11) is 0. The first-order valence-electron chi connectivity index (χ1n) is 9.14. The number of carboxylic acid groups (broad SMARTS) is 1. The van der Waals surface area contributed by atoms with Crippen molar-refractivity contribution in [3.05, 3.63) is 53.2 Å². The third-order valence-corrected chi connectivity index (χ3v) is 5.30. The number of aromatic amines is 1. The van der Waals surface area contributed by atoms with E-state index >= 15 is 0 Å². The Hall–Kier alpha value is -3.62. The van der Waals surface area contributed by atoms with Crippen LogP contribution in [0, 0.1) is 0 Å². The first-order chi connectivity index (χ1) is 13.6. The molecule has 0 aliphatic carbocycles. The molecule has 5 heterocycles. The predicted molar refractivity (Wildman–Crippen MR) is 102 cm³/mol. The van der Waals surface area contributed by atoms with Crippen molar-refractivity contribution in [1.29, 1.82) is 0 Å². The van der Waals surface area contributed by atoms with Gasteiger partial charge in [0.05, 0.1) is 29.0 Å².